The number of carbonyl (C=O) groups excluding carboxylic acids is 1. The van der Waals surface area contributed by atoms with Crippen molar-refractivity contribution in [3.05, 3.63) is 113 Å². The first-order chi connectivity index (χ1) is 17.5. The summed E-state index contributed by atoms with van der Waals surface area (Å²) < 4.78 is 19.8. The third kappa shape index (κ3) is 6.94. The highest BCUT2D eigenvalue weighted by atomic mass is 19.1. The predicted octanol–water partition coefficient (Wildman–Crippen LogP) is 9.02. The minimum atomic E-state index is -0.457. The van der Waals surface area contributed by atoms with Crippen molar-refractivity contribution in [1.82, 2.24) is 0 Å². The summed E-state index contributed by atoms with van der Waals surface area (Å²) in [6, 6.07) is 23.3. The zero-order chi connectivity index (χ0) is 25.3. The molecule has 0 aromatic heterocycles. The zero-order valence-corrected chi connectivity index (χ0v) is 21.5. The van der Waals surface area contributed by atoms with E-state index in [9.17, 15) is 9.18 Å². The van der Waals surface area contributed by atoms with E-state index in [2.05, 4.69) is 49.4 Å². The molecule has 3 aromatic rings. The third-order valence-corrected chi connectivity index (χ3v) is 7.57. The van der Waals surface area contributed by atoms with Crippen LogP contribution in [0.3, 0.4) is 0 Å². The summed E-state index contributed by atoms with van der Waals surface area (Å²) in [7, 11) is 0. The van der Waals surface area contributed by atoms with Crippen LogP contribution in [-0.4, -0.2) is 5.97 Å². The maximum atomic E-state index is 14.4. The molecule has 0 amide bonds. The molecule has 4 rings (SSSR count). The van der Waals surface area contributed by atoms with E-state index in [1.54, 1.807) is 12.1 Å². The predicted molar refractivity (Wildman–Crippen MR) is 145 cm³/mol. The molecular formula is C33H37FO2. The van der Waals surface area contributed by atoms with Crippen molar-refractivity contribution in [1.29, 1.82) is 0 Å². The van der Waals surface area contributed by atoms with E-state index in [4.69, 9.17) is 4.74 Å². The molecule has 0 bridgehead atoms. The van der Waals surface area contributed by atoms with Crippen LogP contribution in [0.2, 0.25) is 0 Å². The molecule has 0 heterocycles. The van der Waals surface area contributed by atoms with Crippen LogP contribution in [0.1, 0.15) is 91.3 Å². The molecule has 1 fully saturated rings. The van der Waals surface area contributed by atoms with Crippen LogP contribution in [-0.2, 0) is 6.42 Å². The number of allylic oxidation sites excluding steroid dienone is 2. The van der Waals surface area contributed by atoms with Crippen molar-refractivity contribution < 1.29 is 13.9 Å². The summed E-state index contributed by atoms with van der Waals surface area (Å²) >= 11 is 0. The third-order valence-electron chi connectivity index (χ3n) is 7.57. The number of ether oxygens (including phenoxy) is 1. The molecule has 0 unspecified atom stereocenters. The lowest BCUT2D eigenvalue weighted by atomic mass is 9.75. The van der Waals surface area contributed by atoms with Gasteiger partial charge in [-0.2, -0.15) is 0 Å². The zero-order valence-electron chi connectivity index (χ0n) is 21.5. The molecule has 1 atom stereocenters. The Morgan fingerprint density at radius 1 is 1.00 bits per heavy atom. The van der Waals surface area contributed by atoms with Crippen LogP contribution in [0.4, 0.5) is 4.39 Å². The summed E-state index contributed by atoms with van der Waals surface area (Å²) in [6.07, 6.45) is 11.5. The van der Waals surface area contributed by atoms with Gasteiger partial charge in [0.25, 0.3) is 0 Å². The largest absolute Gasteiger partial charge is 0.423 e. The fourth-order valence-corrected chi connectivity index (χ4v) is 5.41. The molecular weight excluding hydrogens is 447 g/mol. The monoisotopic (exact) mass is 484 g/mol. The lowest BCUT2D eigenvalue weighted by Crippen LogP contribution is -2.15. The Morgan fingerprint density at radius 3 is 2.39 bits per heavy atom. The Bertz CT molecular complexity index is 1140. The Kier molecular flexibility index (Phi) is 9.11. The Morgan fingerprint density at radius 2 is 1.72 bits per heavy atom. The van der Waals surface area contributed by atoms with Crippen LogP contribution in [0.15, 0.2) is 84.9 Å². The SMILES string of the molecule is C/C=C/CCc1ccc(OC(=O)c2ccc(C3CCC(C[C@H](C)c4ccccc4)CC3)cc2)cc1F. The van der Waals surface area contributed by atoms with Crippen molar-refractivity contribution in [2.45, 2.75) is 70.6 Å². The van der Waals surface area contributed by atoms with E-state index >= 15 is 0 Å². The van der Waals surface area contributed by atoms with Gasteiger partial charge in [0, 0.05) is 6.07 Å². The summed E-state index contributed by atoms with van der Waals surface area (Å²) in [5.74, 6) is 1.36. The summed E-state index contributed by atoms with van der Waals surface area (Å²) in [5, 5.41) is 0. The molecule has 0 radical (unpaired) electrons. The number of halogens is 1. The van der Waals surface area contributed by atoms with E-state index in [1.165, 1.54) is 49.3 Å². The van der Waals surface area contributed by atoms with Gasteiger partial charge in [-0.05, 0) is 105 Å². The van der Waals surface area contributed by atoms with Crippen molar-refractivity contribution in [2.24, 2.45) is 5.92 Å². The Balaban J connectivity index is 1.27. The number of benzene rings is 3. The van der Waals surface area contributed by atoms with Gasteiger partial charge in [0.2, 0.25) is 0 Å². The molecule has 3 heteroatoms. The average Bonchev–Trinajstić information content (AvgIpc) is 2.91. The Hall–Kier alpha value is -3.20. The van der Waals surface area contributed by atoms with Crippen LogP contribution in [0.5, 0.6) is 5.75 Å². The maximum Gasteiger partial charge on any atom is 0.343 e. The number of esters is 1. The topological polar surface area (TPSA) is 26.3 Å². The normalized spacial score (nSPS) is 18.8. The van der Waals surface area contributed by atoms with Crippen molar-refractivity contribution in [3.63, 3.8) is 0 Å². The quantitative estimate of drug-likeness (QED) is 0.172. The van der Waals surface area contributed by atoms with Gasteiger partial charge in [0.15, 0.2) is 0 Å². The molecule has 0 spiro atoms. The van der Waals surface area contributed by atoms with Gasteiger partial charge in [0.1, 0.15) is 11.6 Å². The molecule has 36 heavy (non-hydrogen) atoms. The Labute approximate surface area is 215 Å². The van der Waals surface area contributed by atoms with Gasteiger partial charge < -0.3 is 4.74 Å². The van der Waals surface area contributed by atoms with Crippen LogP contribution < -0.4 is 4.74 Å². The highest BCUT2D eigenvalue weighted by Gasteiger charge is 2.24. The van der Waals surface area contributed by atoms with Crippen LogP contribution >= 0.6 is 0 Å². The van der Waals surface area contributed by atoms with Crippen molar-refractivity contribution in [3.8, 4) is 5.75 Å². The van der Waals surface area contributed by atoms with Gasteiger partial charge >= 0.3 is 5.97 Å². The molecule has 1 aliphatic rings. The molecule has 2 nitrogen and oxygen atoms in total. The van der Waals surface area contributed by atoms with Gasteiger partial charge in [-0.1, -0.05) is 67.6 Å². The molecule has 188 valence electrons. The van der Waals surface area contributed by atoms with E-state index in [-0.39, 0.29) is 11.6 Å². The van der Waals surface area contributed by atoms with Crippen LogP contribution in [0, 0.1) is 11.7 Å². The van der Waals surface area contributed by atoms with E-state index < -0.39 is 5.97 Å². The standard InChI is InChI=1S/C33H37FO2/c1-3-4-6-11-29-20-21-31(23-32(29)34)36-33(35)30-18-16-28(17-19-30)27-14-12-25(13-15-27)22-24(2)26-9-7-5-8-10-26/h3-5,7-10,16-21,23-25,27H,6,11-15,22H2,1-2H3/b4-3+/t24-,25?,27?/m0/s1. The summed E-state index contributed by atoms with van der Waals surface area (Å²) in [6.45, 7) is 4.29. The number of carbonyl (C=O) groups is 1. The number of aryl methyl sites for hydroxylation is 1. The number of hydrogen-bond donors (Lipinski definition) is 0. The van der Waals surface area contributed by atoms with E-state index in [0.29, 0.717) is 29.4 Å². The van der Waals surface area contributed by atoms with Gasteiger partial charge in [-0.3, -0.25) is 0 Å². The van der Waals surface area contributed by atoms with Gasteiger partial charge in [-0.25, -0.2) is 9.18 Å². The van der Waals surface area contributed by atoms with E-state index in [1.807, 2.05) is 31.2 Å². The van der Waals surface area contributed by atoms with Gasteiger partial charge in [-0.15, -0.1) is 0 Å². The molecule has 0 N–H and O–H groups in total. The fraction of sp³-hybridized carbons (Fsp3) is 0.364. The molecule has 1 saturated carbocycles. The number of hydrogen-bond acceptors (Lipinski definition) is 2. The highest BCUT2D eigenvalue weighted by molar-refractivity contribution is 5.91. The minimum absolute atomic E-state index is 0.236. The summed E-state index contributed by atoms with van der Waals surface area (Å²) in [4.78, 5) is 12.6. The maximum absolute atomic E-state index is 14.4. The second kappa shape index (κ2) is 12.7. The molecule has 0 aliphatic heterocycles. The first-order valence-electron chi connectivity index (χ1n) is 13.3. The van der Waals surface area contributed by atoms with E-state index in [0.717, 1.165) is 12.3 Å². The van der Waals surface area contributed by atoms with Gasteiger partial charge in [0.05, 0.1) is 5.56 Å². The highest BCUT2D eigenvalue weighted by Crippen LogP contribution is 2.39. The smallest absolute Gasteiger partial charge is 0.343 e. The lowest BCUT2D eigenvalue weighted by Gasteiger charge is -2.30. The van der Waals surface area contributed by atoms with Crippen molar-refractivity contribution in [2.75, 3.05) is 0 Å². The van der Waals surface area contributed by atoms with Crippen molar-refractivity contribution >= 4 is 5.97 Å². The average molecular weight is 485 g/mol. The fourth-order valence-electron chi connectivity index (χ4n) is 5.41. The lowest BCUT2D eigenvalue weighted by molar-refractivity contribution is 0.0734. The number of rotatable bonds is 9. The molecule has 1 aliphatic carbocycles. The molecule has 3 aromatic carbocycles. The van der Waals surface area contributed by atoms with Crippen LogP contribution in [0.25, 0.3) is 0 Å². The first kappa shape index (κ1) is 25.9. The first-order valence-corrected chi connectivity index (χ1v) is 13.3. The second-order valence-electron chi connectivity index (χ2n) is 10.1. The molecule has 0 saturated heterocycles. The minimum Gasteiger partial charge on any atom is -0.423 e. The second-order valence-corrected chi connectivity index (χ2v) is 10.1. The summed E-state index contributed by atoms with van der Waals surface area (Å²) in [5.41, 5.74) is 3.84.